The van der Waals surface area contributed by atoms with Gasteiger partial charge in [-0.05, 0) is 13.3 Å². The van der Waals surface area contributed by atoms with Crippen molar-refractivity contribution in [1.82, 2.24) is 0 Å². The molecular formula is C8H12O3. The Kier molecular flexibility index (Phi) is 2.52. The SMILES string of the molecule is COC(=O)/C=C1/CC[C@H](C)O1. The molecule has 3 heteroatoms. The monoisotopic (exact) mass is 156 g/mol. The third-order valence-electron chi connectivity index (χ3n) is 1.63. The third-order valence-corrected chi connectivity index (χ3v) is 1.63. The highest BCUT2D eigenvalue weighted by molar-refractivity contribution is 5.82. The maximum absolute atomic E-state index is 10.7. The molecule has 0 spiro atoms. The van der Waals surface area contributed by atoms with Gasteiger partial charge in [0.2, 0.25) is 0 Å². The molecule has 0 amide bonds. The average Bonchev–Trinajstić information content (AvgIpc) is 2.35. The van der Waals surface area contributed by atoms with Gasteiger partial charge in [0.05, 0.1) is 19.3 Å². The summed E-state index contributed by atoms with van der Waals surface area (Å²) in [4.78, 5) is 10.7. The molecule has 0 aromatic rings. The van der Waals surface area contributed by atoms with Crippen LogP contribution in [0.25, 0.3) is 0 Å². The summed E-state index contributed by atoms with van der Waals surface area (Å²) in [7, 11) is 1.36. The van der Waals surface area contributed by atoms with Crippen LogP contribution in [-0.2, 0) is 14.3 Å². The molecule has 1 rings (SSSR count). The van der Waals surface area contributed by atoms with E-state index in [9.17, 15) is 4.79 Å². The summed E-state index contributed by atoms with van der Waals surface area (Å²) in [6.45, 7) is 1.98. The molecule has 1 aliphatic rings. The van der Waals surface area contributed by atoms with Crippen molar-refractivity contribution < 1.29 is 14.3 Å². The highest BCUT2D eigenvalue weighted by Crippen LogP contribution is 2.21. The first-order chi connectivity index (χ1) is 5.22. The maximum atomic E-state index is 10.7. The summed E-state index contributed by atoms with van der Waals surface area (Å²) in [6.07, 6.45) is 3.48. The van der Waals surface area contributed by atoms with Gasteiger partial charge < -0.3 is 9.47 Å². The lowest BCUT2D eigenvalue weighted by Crippen LogP contribution is -1.98. The van der Waals surface area contributed by atoms with Crippen molar-refractivity contribution in [3.8, 4) is 0 Å². The Hall–Kier alpha value is -0.990. The molecule has 11 heavy (non-hydrogen) atoms. The molecule has 1 saturated heterocycles. The molecule has 0 unspecified atom stereocenters. The van der Waals surface area contributed by atoms with Crippen molar-refractivity contribution in [2.75, 3.05) is 7.11 Å². The fourth-order valence-corrected chi connectivity index (χ4v) is 1.02. The van der Waals surface area contributed by atoms with Crippen LogP contribution in [0.1, 0.15) is 19.8 Å². The predicted octanol–water partition coefficient (Wildman–Crippen LogP) is 1.24. The quantitative estimate of drug-likeness (QED) is 0.423. The van der Waals surface area contributed by atoms with E-state index in [2.05, 4.69) is 4.74 Å². The fourth-order valence-electron chi connectivity index (χ4n) is 1.02. The summed E-state index contributed by atoms with van der Waals surface area (Å²) < 4.78 is 9.75. The normalized spacial score (nSPS) is 26.7. The second-order valence-electron chi connectivity index (χ2n) is 2.60. The van der Waals surface area contributed by atoms with E-state index in [4.69, 9.17) is 4.74 Å². The first-order valence-corrected chi connectivity index (χ1v) is 3.67. The molecule has 0 radical (unpaired) electrons. The van der Waals surface area contributed by atoms with Crippen LogP contribution >= 0.6 is 0 Å². The van der Waals surface area contributed by atoms with Crippen molar-refractivity contribution in [1.29, 1.82) is 0 Å². The van der Waals surface area contributed by atoms with E-state index in [-0.39, 0.29) is 12.1 Å². The molecule has 1 heterocycles. The first kappa shape index (κ1) is 8.11. The minimum absolute atomic E-state index is 0.242. The van der Waals surface area contributed by atoms with E-state index >= 15 is 0 Å². The second kappa shape index (κ2) is 3.42. The summed E-state index contributed by atoms with van der Waals surface area (Å²) in [5.41, 5.74) is 0. The van der Waals surface area contributed by atoms with Gasteiger partial charge in [-0.2, -0.15) is 0 Å². The maximum Gasteiger partial charge on any atom is 0.333 e. The third kappa shape index (κ3) is 2.26. The van der Waals surface area contributed by atoms with Gasteiger partial charge in [-0.25, -0.2) is 4.79 Å². The van der Waals surface area contributed by atoms with Crippen molar-refractivity contribution in [2.24, 2.45) is 0 Å². The number of ether oxygens (including phenoxy) is 2. The Morgan fingerprint density at radius 1 is 1.82 bits per heavy atom. The zero-order chi connectivity index (χ0) is 8.27. The number of methoxy groups -OCH3 is 1. The van der Waals surface area contributed by atoms with Gasteiger partial charge in [-0.15, -0.1) is 0 Å². The summed E-state index contributed by atoms with van der Waals surface area (Å²) in [5, 5.41) is 0. The minimum Gasteiger partial charge on any atom is -0.495 e. The molecule has 62 valence electrons. The van der Waals surface area contributed by atoms with Crippen LogP contribution in [-0.4, -0.2) is 19.2 Å². The zero-order valence-electron chi connectivity index (χ0n) is 6.79. The summed E-state index contributed by atoms with van der Waals surface area (Å²) >= 11 is 0. The number of rotatable bonds is 1. The molecule has 3 nitrogen and oxygen atoms in total. The van der Waals surface area contributed by atoms with Gasteiger partial charge in [0, 0.05) is 6.42 Å². The lowest BCUT2D eigenvalue weighted by atomic mass is 10.2. The number of hydrogen-bond acceptors (Lipinski definition) is 3. The van der Waals surface area contributed by atoms with Gasteiger partial charge in [0.25, 0.3) is 0 Å². The smallest absolute Gasteiger partial charge is 0.333 e. The van der Waals surface area contributed by atoms with Crippen LogP contribution in [0.3, 0.4) is 0 Å². The standard InChI is InChI=1S/C8H12O3/c1-6-3-4-7(11-6)5-8(9)10-2/h5-6H,3-4H2,1-2H3/b7-5-/t6-/m0/s1. The van der Waals surface area contributed by atoms with E-state index < -0.39 is 0 Å². The second-order valence-corrected chi connectivity index (χ2v) is 2.60. The number of esters is 1. The van der Waals surface area contributed by atoms with E-state index in [0.29, 0.717) is 0 Å². The lowest BCUT2D eigenvalue weighted by molar-refractivity contribution is -0.135. The van der Waals surface area contributed by atoms with Crippen LogP contribution in [0.2, 0.25) is 0 Å². The van der Waals surface area contributed by atoms with Crippen LogP contribution < -0.4 is 0 Å². The van der Waals surface area contributed by atoms with Crippen molar-refractivity contribution in [3.05, 3.63) is 11.8 Å². The van der Waals surface area contributed by atoms with E-state index in [0.717, 1.165) is 18.6 Å². The molecule has 0 aliphatic carbocycles. The average molecular weight is 156 g/mol. The molecule has 1 atom stereocenters. The Labute approximate surface area is 66.0 Å². The van der Waals surface area contributed by atoms with Gasteiger partial charge in [-0.3, -0.25) is 0 Å². The van der Waals surface area contributed by atoms with Gasteiger partial charge in [-0.1, -0.05) is 0 Å². The zero-order valence-corrected chi connectivity index (χ0v) is 6.79. The highest BCUT2D eigenvalue weighted by Gasteiger charge is 2.16. The predicted molar refractivity (Wildman–Crippen MR) is 39.9 cm³/mol. The Bertz CT molecular complexity index is 184. The number of hydrogen-bond donors (Lipinski definition) is 0. The van der Waals surface area contributed by atoms with Gasteiger partial charge in [0.15, 0.2) is 0 Å². The fraction of sp³-hybridized carbons (Fsp3) is 0.625. The summed E-state index contributed by atoms with van der Waals surface area (Å²) in [5.74, 6) is 0.401. The molecule has 0 bridgehead atoms. The molecule has 1 fully saturated rings. The van der Waals surface area contributed by atoms with Gasteiger partial charge >= 0.3 is 5.97 Å². The van der Waals surface area contributed by atoms with Crippen LogP contribution in [0.15, 0.2) is 11.8 Å². The molecule has 0 N–H and O–H groups in total. The molecule has 0 aromatic heterocycles. The first-order valence-electron chi connectivity index (χ1n) is 3.67. The van der Waals surface area contributed by atoms with Crippen LogP contribution in [0.4, 0.5) is 0 Å². The van der Waals surface area contributed by atoms with Crippen molar-refractivity contribution in [2.45, 2.75) is 25.9 Å². The van der Waals surface area contributed by atoms with E-state index in [1.165, 1.54) is 13.2 Å². The van der Waals surface area contributed by atoms with E-state index in [1.54, 1.807) is 0 Å². The molecule has 1 aliphatic heterocycles. The molecular weight excluding hydrogens is 144 g/mol. The number of allylic oxidation sites excluding steroid dienone is 1. The number of carbonyl (C=O) groups is 1. The highest BCUT2D eigenvalue weighted by atomic mass is 16.5. The largest absolute Gasteiger partial charge is 0.495 e. The topological polar surface area (TPSA) is 35.5 Å². The van der Waals surface area contributed by atoms with Crippen molar-refractivity contribution in [3.63, 3.8) is 0 Å². The number of carbonyl (C=O) groups excluding carboxylic acids is 1. The van der Waals surface area contributed by atoms with Gasteiger partial charge in [0.1, 0.15) is 5.76 Å². The van der Waals surface area contributed by atoms with Crippen molar-refractivity contribution >= 4 is 5.97 Å². The Morgan fingerprint density at radius 2 is 2.55 bits per heavy atom. The van der Waals surface area contributed by atoms with Crippen LogP contribution in [0, 0.1) is 0 Å². The molecule has 0 aromatic carbocycles. The Morgan fingerprint density at radius 3 is 3.00 bits per heavy atom. The van der Waals surface area contributed by atoms with Crippen LogP contribution in [0.5, 0.6) is 0 Å². The van der Waals surface area contributed by atoms with E-state index in [1.807, 2.05) is 6.92 Å². The minimum atomic E-state index is -0.339. The lowest BCUT2D eigenvalue weighted by Gasteiger charge is -2.01. The molecule has 0 saturated carbocycles. The summed E-state index contributed by atoms with van der Waals surface area (Å²) in [6, 6.07) is 0. The Balaban J connectivity index is 2.48.